The minimum atomic E-state index is -0.989. The van der Waals surface area contributed by atoms with Crippen LogP contribution in [0, 0.1) is 0 Å². The van der Waals surface area contributed by atoms with Gasteiger partial charge in [-0.15, -0.1) is 0 Å². The Morgan fingerprint density at radius 2 is 2.20 bits per heavy atom. The highest BCUT2D eigenvalue weighted by Crippen LogP contribution is 2.23. The van der Waals surface area contributed by atoms with E-state index in [9.17, 15) is 4.79 Å². The van der Waals surface area contributed by atoms with Crippen molar-refractivity contribution in [1.29, 1.82) is 0 Å². The third-order valence-corrected chi connectivity index (χ3v) is 2.38. The maximum absolute atomic E-state index is 10.3. The molecule has 15 heavy (non-hydrogen) atoms. The fraction of sp³-hybridized carbons (Fsp3) is 0. The molecule has 0 radical (unpaired) electrons. The Balaban J connectivity index is 2.43. The number of furan rings is 1. The summed E-state index contributed by atoms with van der Waals surface area (Å²) in [5.41, 5.74) is 0.739. The van der Waals surface area contributed by atoms with Gasteiger partial charge in [0.05, 0.1) is 0 Å². The third kappa shape index (κ3) is 2.27. The lowest BCUT2D eigenvalue weighted by atomic mass is 10.2. The standard InChI is InChI=1S/C11H7BrO3/c12-8-1-3-10-7(5-8)6-9(15-10)2-4-11(13)14/h1-6H,(H,13,14)/b4-2+. The molecule has 0 aliphatic rings. The van der Waals surface area contributed by atoms with Gasteiger partial charge in [-0.2, -0.15) is 0 Å². The Morgan fingerprint density at radius 3 is 2.93 bits per heavy atom. The van der Waals surface area contributed by atoms with Crippen molar-refractivity contribution < 1.29 is 14.3 Å². The molecule has 0 amide bonds. The van der Waals surface area contributed by atoms with Crippen LogP contribution >= 0.6 is 15.9 Å². The number of carboxylic acid groups (broad SMARTS) is 1. The molecule has 0 unspecified atom stereocenters. The Labute approximate surface area is 94.1 Å². The lowest BCUT2D eigenvalue weighted by Gasteiger charge is -1.87. The Hall–Kier alpha value is -1.55. The molecule has 1 heterocycles. The monoisotopic (exact) mass is 266 g/mol. The van der Waals surface area contributed by atoms with Crippen LogP contribution in [0.25, 0.3) is 17.0 Å². The summed E-state index contributed by atoms with van der Waals surface area (Å²) in [6, 6.07) is 7.41. The van der Waals surface area contributed by atoms with Crippen molar-refractivity contribution in [3.63, 3.8) is 0 Å². The van der Waals surface area contributed by atoms with Gasteiger partial charge >= 0.3 is 5.97 Å². The molecule has 0 fully saturated rings. The second-order valence-electron chi connectivity index (χ2n) is 3.00. The van der Waals surface area contributed by atoms with Gasteiger partial charge in [-0.3, -0.25) is 0 Å². The van der Waals surface area contributed by atoms with E-state index in [-0.39, 0.29) is 0 Å². The third-order valence-electron chi connectivity index (χ3n) is 1.89. The molecule has 0 saturated heterocycles. The highest BCUT2D eigenvalue weighted by Gasteiger charge is 2.01. The average molecular weight is 267 g/mol. The van der Waals surface area contributed by atoms with Crippen LogP contribution < -0.4 is 0 Å². The molecule has 0 saturated carbocycles. The number of benzene rings is 1. The zero-order valence-electron chi connectivity index (χ0n) is 7.61. The van der Waals surface area contributed by atoms with Gasteiger partial charge in [-0.1, -0.05) is 15.9 Å². The molecule has 3 nitrogen and oxygen atoms in total. The van der Waals surface area contributed by atoms with E-state index in [0.717, 1.165) is 21.5 Å². The van der Waals surface area contributed by atoms with Crippen molar-refractivity contribution in [3.05, 3.63) is 40.6 Å². The molecule has 0 aliphatic carbocycles. The van der Waals surface area contributed by atoms with Crippen LogP contribution in [0.15, 0.2) is 39.2 Å². The van der Waals surface area contributed by atoms with Crippen molar-refractivity contribution in [2.45, 2.75) is 0 Å². The molecule has 1 aromatic heterocycles. The maximum Gasteiger partial charge on any atom is 0.328 e. The van der Waals surface area contributed by atoms with Crippen LogP contribution in [0.3, 0.4) is 0 Å². The molecule has 0 aliphatic heterocycles. The Kier molecular flexibility index (Phi) is 2.60. The summed E-state index contributed by atoms with van der Waals surface area (Å²) >= 11 is 3.35. The average Bonchev–Trinajstić information content (AvgIpc) is 2.56. The van der Waals surface area contributed by atoms with Crippen LogP contribution in [0.2, 0.25) is 0 Å². The van der Waals surface area contributed by atoms with Crippen LogP contribution in [-0.4, -0.2) is 11.1 Å². The van der Waals surface area contributed by atoms with E-state index in [4.69, 9.17) is 9.52 Å². The lowest BCUT2D eigenvalue weighted by molar-refractivity contribution is -0.131. The van der Waals surface area contributed by atoms with E-state index in [1.165, 1.54) is 6.08 Å². The maximum atomic E-state index is 10.3. The van der Waals surface area contributed by atoms with Gasteiger partial charge in [0.2, 0.25) is 0 Å². The zero-order valence-corrected chi connectivity index (χ0v) is 9.19. The van der Waals surface area contributed by atoms with Gasteiger partial charge in [-0.05, 0) is 30.3 Å². The summed E-state index contributed by atoms with van der Waals surface area (Å²) in [5, 5.41) is 9.40. The molecular weight excluding hydrogens is 260 g/mol. The Morgan fingerprint density at radius 1 is 1.40 bits per heavy atom. The minimum absolute atomic E-state index is 0.533. The molecule has 1 aromatic carbocycles. The summed E-state index contributed by atoms with van der Waals surface area (Å²) in [7, 11) is 0. The second kappa shape index (κ2) is 3.90. The van der Waals surface area contributed by atoms with Gasteiger partial charge in [-0.25, -0.2) is 4.79 Å². The van der Waals surface area contributed by atoms with Crippen LogP contribution in [0.5, 0.6) is 0 Å². The minimum Gasteiger partial charge on any atom is -0.478 e. The molecule has 0 bridgehead atoms. The number of aliphatic carboxylic acids is 1. The fourth-order valence-corrected chi connectivity index (χ4v) is 1.65. The topological polar surface area (TPSA) is 50.4 Å². The number of carbonyl (C=O) groups is 1. The molecule has 0 spiro atoms. The van der Waals surface area contributed by atoms with E-state index in [2.05, 4.69) is 15.9 Å². The highest BCUT2D eigenvalue weighted by molar-refractivity contribution is 9.10. The summed E-state index contributed by atoms with van der Waals surface area (Å²) in [6.45, 7) is 0. The van der Waals surface area contributed by atoms with Gasteiger partial charge in [0.15, 0.2) is 0 Å². The van der Waals surface area contributed by atoms with E-state index in [1.54, 1.807) is 6.07 Å². The normalized spacial score (nSPS) is 11.3. The van der Waals surface area contributed by atoms with Crippen molar-refractivity contribution in [2.75, 3.05) is 0 Å². The number of rotatable bonds is 2. The first-order valence-electron chi connectivity index (χ1n) is 4.25. The van der Waals surface area contributed by atoms with Crippen LogP contribution in [0.1, 0.15) is 5.76 Å². The first-order chi connectivity index (χ1) is 7.15. The lowest BCUT2D eigenvalue weighted by Crippen LogP contribution is -1.84. The number of hydrogen-bond donors (Lipinski definition) is 1. The predicted molar refractivity (Wildman–Crippen MR) is 60.6 cm³/mol. The van der Waals surface area contributed by atoms with Crippen LogP contribution in [0.4, 0.5) is 0 Å². The molecule has 1 N–H and O–H groups in total. The molecule has 0 atom stereocenters. The smallest absolute Gasteiger partial charge is 0.328 e. The first-order valence-corrected chi connectivity index (χ1v) is 5.04. The molecule has 2 aromatic rings. The number of hydrogen-bond acceptors (Lipinski definition) is 2. The summed E-state index contributed by atoms with van der Waals surface area (Å²) in [6.07, 6.45) is 2.48. The Bertz CT molecular complexity index is 540. The first kappa shape index (κ1) is 9.98. The molecular formula is C11H7BrO3. The van der Waals surface area contributed by atoms with E-state index >= 15 is 0 Å². The van der Waals surface area contributed by atoms with Crippen molar-refractivity contribution in [1.82, 2.24) is 0 Å². The van der Waals surface area contributed by atoms with Gasteiger partial charge in [0.25, 0.3) is 0 Å². The number of fused-ring (bicyclic) bond motifs is 1. The van der Waals surface area contributed by atoms with Crippen molar-refractivity contribution in [3.8, 4) is 0 Å². The van der Waals surface area contributed by atoms with Gasteiger partial charge < -0.3 is 9.52 Å². The van der Waals surface area contributed by atoms with Crippen LogP contribution in [-0.2, 0) is 4.79 Å². The number of halogens is 1. The zero-order chi connectivity index (χ0) is 10.8. The summed E-state index contributed by atoms with van der Waals surface area (Å²) in [4.78, 5) is 10.3. The summed E-state index contributed by atoms with van der Waals surface area (Å²) in [5.74, 6) is -0.456. The largest absolute Gasteiger partial charge is 0.478 e. The predicted octanol–water partition coefficient (Wildman–Crippen LogP) is 3.29. The molecule has 76 valence electrons. The van der Waals surface area contributed by atoms with E-state index in [0.29, 0.717) is 5.76 Å². The number of carboxylic acids is 1. The highest BCUT2D eigenvalue weighted by atomic mass is 79.9. The summed E-state index contributed by atoms with van der Waals surface area (Å²) < 4.78 is 6.37. The van der Waals surface area contributed by atoms with Gasteiger partial charge in [0, 0.05) is 15.9 Å². The van der Waals surface area contributed by atoms with Crippen molar-refractivity contribution >= 4 is 38.9 Å². The fourth-order valence-electron chi connectivity index (χ4n) is 1.27. The SMILES string of the molecule is O=C(O)/C=C/c1cc2cc(Br)ccc2o1. The van der Waals surface area contributed by atoms with Gasteiger partial charge in [0.1, 0.15) is 11.3 Å². The van der Waals surface area contributed by atoms with E-state index in [1.807, 2.05) is 18.2 Å². The quantitative estimate of drug-likeness (QED) is 0.849. The molecule has 4 heteroatoms. The van der Waals surface area contributed by atoms with Crippen molar-refractivity contribution in [2.24, 2.45) is 0 Å². The second-order valence-corrected chi connectivity index (χ2v) is 3.92. The van der Waals surface area contributed by atoms with E-state index < -0.39 is 5.97 Å². The molecule has 2 rings (SSSR count).